The Bertz CT molecular complexity index is 1130. The predicted octanol–water partition coefficient (Wildman–Crippen LogP) is 5.58. The van der Waals surface area contributed by atoms with Crippen molar-refractivity contribution >= 4 is 43.6 Å². The van der Waals surface area contributed by atoms with E-state index in [1.165, 1.54) is 42.3 Å². The molecule has 1 aliphatic rings. The van der Waals surface area contributed by atoms with Gasteiger partial charge in [-0.25, -0.2) is 4.98 Å². The SMILES string of the molecule is Brc1ccc2c(c1)[nH]c1cc(Cc3ccccc3)nc(NCCN3CCCC3)c12. The number of anilines is 1. The number of benzene rings is 2. The molecule has 2 aromatic heterocycles. The molecule has 0 radical (unpaired) electrons. The smallest absolute Gasteiger partial charge is 0.136 e. The zero-order chi connectivity index (χ0) is 19.6. The Hall–Kier alpha value is -2.37. The molecule has 5 heteroatoms. The molecule has 2 aromatic carbocycles. The molecule has 1 fully saturated rings. The lowest BCUT2D eigenvalue weighted by atomic mass is 10.1. The normalized spacial score (nSPS) is 14.8. The van der Waals surface area contributed by atoms with Gasteiger partial charge >= 0.3 is 0 Å². The number of fused-ring (bicyclic) bond motifs is 3. The number of likely N-dealkylation sites (tertiary alicyclic amines) is 1. The van der Waals surface area contributed by atoms with Crippen LogP contribution in [0.5, 0.6) is 0 Å². The van der Waals surface area contributed by atoms with E-state index in [2.05, 4.69) is 85.7 Å². The Kier molecular flexibility index (Phi) is 5.25. The molecule has 148 valence electrons. The van der Waals surface area contributed by atoms with Gasteiger partial charge < -0.3 is 15.2 Å². The van der Waals surface area contributed by atoms with Crippen LogP contribution in [0, 0.1) is 0 Å². The van der Waals surface area contributed by atoms with Crippen LogP contribution in [-0.4, -0.2) is 41.0 Å². The summed E-state index contributed by atoms with van der Waals surface area (Å²) in [7, 11) is 0. The van der Waals surface area contributed by atoms with Crippen molar-refractivity contribution < 1.29 is 0 Å². The summed E-state index contributed by atoms with van der Waals surface area (Å²) in [6.07, 6.45) is 3.48. The molecule has 0 saturated carbocycles. The Morgan fingerprint density at radius 2 is 1.83 bits per heavy atom. The second kappa shape index (κ2) is 8.17. The average Bonchev–Trinajstić information content (AvgIpc) is 3.35. The number of hydrogen-bond donors (Lipinski definition) is 2. The van der Waals surface area contributed by atoms with Crippen LogP contribution in [0.2, 0.25) is 0 Å². The minimum atomic E-state index is 0.830. The van der Waals surface area contributed by atoms with Crippen LogP contribution >= 0.6 is 15.9 Å². The van der Waals surface area contributed by atoms with Gasteiger partial charge in [-0.15, -0.1) is 0 Å². The maximum atomic E-state index is 5.04. The second-order valence-electron chi connectivity index (χ2n) is 7.84. The molecule has 5 rings (SSSR count). The van der Waals surface area contributed by atoms with E-state index in [1.54, 1.807) is 0 Å². The molecular formula is C24H25BrN4. The number of hydrogen-bond acceptors (Lipinski definition) is 3. The van der Waals surface area contributed by atoms with Crippen LogP contribution in [0.4, 0.5) is 5.82 Å². The van der Waals surface area contributed by atoms with E-state index in [0.717, 1.165) is 46.5 Å². The van der Waals surface area contributed by atoms with Crippen molar-refractivity contribution in [3.8, 4) is 0 Å². The van der Waals surface area contributed by atoms with E-state index >= 15 is 0 Å². The molecule has 4 aromatic rings. The molecular weight excluding hydrogens is 424 g/mol. The number of nitrogens with one attached hydrogen (secondary N) is 2. The van der Waals surface area contributed by atoms with Crippen molar-refractivity contribution in [1.82, 2.24) is 14.9 Å². The lowest BCUT2D eigenvalue weighted by Crippen LogP contribution is -2.26. The summed E-state index contributed by atoms with van der Waals surface area (Å²) in [6, 6.07) is 19.2. The Morgan fingerprint density at radius 1 is 1.00 bits per heavy atom. The molecule has 2 N–H and O–H groups in total. The van der Waals surface area contributed by atoms with E-state index in [4.69, 9.17) is 4.98 Å². The van der Waals surface area contributed by atoms with Gasteiger partial charge in [0.2, 0.25) is 0 Å². The van der Waals surface area contributed by atoms with Crippen molar-refractivity contribution in [3.05, 3.63) is 70.3 Å². The molecule has 0 bridgehead atoms. The average molecular weight is 449 g/mol. The summed E-state index contributed by atoms with van der Waals surface area (Å²) < 4.78 is 1.08. The molecule has 0 atom stereocenters. The Morgan fingerprint density at radius 3 is 2.66 bits per heavy atom. The number of aromatic amines is 1. The number of aromatic nitrogens is 2. The number of rotatable bonds is 6. The van der Waals surface area contributed by atoms with Gasteiger partial charge in [-0.2, -0.15) is 0 Å². The number of halogens is 1. The Balaban J connectivity index is 1.51. The highest BCUT2D eigenvalue weighted by Crippen LogP contribution is 2.33. The standard InChI is InChI=1S/C24H25BrN4/c25-18-8-9-20-21(15-18)28-22-16-19(14-17-6-2-1-3-7-17)27-24(23(20)22)26-10-13-29-11-4-5-12-29/h1-3,6-9,15-16,28H,4-5,10-14H2,(H,26,27). The van der Waals surface area contributed by atoms with E-state index < -0.39 is 0 Å². The van der Waals surface area contributed by atoms with E-state index in [-0.39, 0.29) is 0 Å². The van der Waals surface area contributed by atoms with Gasteiger partial charge in [-0.3, -0.25) is 0 Å². The maximum absolute atomic E-state index is 5.04. The van der Waals surface area contributed by atoms with Crippen LogP contribution in [0.25, 0.3) is 21.8 Å². The first-order valence-corrected chi connectivity index (χ1v) is 11.2. The molecule has 1 aliphatic heterocycles. The summed E-state index contributed by atoms with van der Waals surface area (Å²) in [4.78, 5) is 11.2. The maximum Gasteiger partial charge on any atom is 0.136 e. The third-order valence-corrected chi connectivity index (χ3v) is 6.23. The molecule has 3 heterocycles. The fraction of sp³-hybridized carbons (Fsp3) is 0.292. The van der Waals surface area contributed by atoms with E-state index in [1.807, 2.05) is 0 Å². The highest BCUT2D eigenvalue weighted by molar-refractivity contribution is 9.10. The van der Waals surface area contributed by atoms with Crippen LogP contribution < -0.4 is 5.32 Å². The molecule has 1 saturated heterocycles. The minimum absolute atomic E-state index is 0.830. The molecule has 0 aliphatic carbocycles. The van der Waals surface area contributed by atoms with Crippen LogP contribution in [-0.2, 0) is 6.42 Å². The highest BCUT2D eigenvalue weighted by atomic mass is 79.9. The van der Waals surface area contributed by atoms with Crippen molar-refractivity contribution in [2.45, 2.75) is 19.3 Å². The fourth-order valence-corrected chi connectivity index (χ4v) is 4.68. The summed E-state index contributed by atoms with van der Waals surface area (Å²) in [6.45, 7) is 4.43. The highest BCUT2D eigenvalue weighted by Gasteiger charge is 2.15. The predicted molar refractivity (Wildman–Crippen MR) is 125 cm³/mol. The Labute approximate surface area is 179 Å². The van der Waals surface area contributed by atoms with Gasteiger partial charge in [0.25, 0.3) is 0 Å². The summed E-state index contributed by atoms with van der Waals surface area (Å²) >= 11 is 3.59. The monoisotopic (exact) mass is 448 g/mol. The van der Waals surface area contributed by atoms with Crippen LogP contribution in [0.1, 0.15) is 24.1 Å². The van der Waals surface area contributed by atoms with Crippen molar-refractivity contribution in [1.29, 1.82) is 0 Å². The molecule has 0 amide bonds. The molecule has 0 spiro atoms. The van der Waals surface area contributed by atoms with Crippen molar-refractivity contribution in [3.63, 3.8) is 0 Å². The lowest BCUT2D eigenvalue weighted by Gasteiger charge is -2.16. The molecule has 29 heavy (non-hydrogen) atoms. The van der Waals surface area contributed by atoms with Gasteiger partial charge in [0.15, 0.2) is 0 Å². The van der Waals surface area contributed by atoms with Gasteiger partial charge in [0.05, 0.1) is 5.52 Å². The van der Waals surface area contributed by atoms with Crippen molar-refractivity contribution in [2.24, 2.45) is 0 Å². The molecule has 0 unspecified atom stereocenters. The first-order valence-electron chi connectivity index (χ1n) is 10.4. The lowest BCUT2D eigenvalue weighted by molar-refractivity contribution is 0.352. The quantitative estimate of drug-likeness (QED) is 0.404. The zero-order valence-corrected chi connectivity index (χ0v) is 18.0. The summed E-state index contributed by atoms with van der Waals surface area (Å²) in [5, 5.41) is 6.05. The third kappa shape index (κ3) is 4.02. The first-order chi connectivity index (χ1) is 14.3. The first kappa shape index (κ1) is 18.6. The van der Waals surface area contributed by atoms with Gasteiger partial charge in [0, 0.05) is 46.0 Å². The van der Waals surface area contributed by atoms with Crippen molar-refractivity contribution in [2.75, 3.05) is 31.5 Å². The number of H-pyrrole nitrogens is 1. The third-order valence-electron chi connectivity index (χ3n) is 5.74. The molecule has 4 nitrogen and oxygen atoms in total. The number of nitrogens with zero attached hydrogens (tertiary/aromatic N) is 2. The van der Waals surface area contributed by atoms with E-state index in [0.29, 0.717) is 0 Å². The van der Waals surface area contributed by atoms with Gasteiger partial charge in [-0.1, -0.05) is 52.3 Å². The summed E-state index contributed by atoms with van der Waals surface area (Å²) in [5.41, 5.74) is 4.64. The van der Waals surface area contributed by atoms with Crippen LogP contribution in [0.15, 0.2) is 59.1 Å². The van der Waals surface area contributed by atoms with E-state index in [9.17, 15) is 0 Å². The van der Waals surface area contributed by atoms with Gasteiger partial charge in [-0.05, 0) is 49.7 Å². The zero-order valence-electron chi connectivity index (χ0n) is 16.4. The fourth-order valence-electron chi connectivity index (χ4n) is 4.31. The topological polar surface area (TPSA) is 44.0 Å². The van der Waals surface area contributed by atoms with Gasteiger partial charge in [0.1, 0.15) is 5.82 Å². The van der Waals surface area contributed by atoms with Crippen LogP contribution in [0.3, 0.4) is 0 Å². The second-order valence-corrected chi connectivity index (χ2v) is 8.75. The largest absolute Gasteiger partial charge is 0.368 e. The minimum Gasteiger partial charge on any atom is -0.368 e. The summed E-state index contributed by atoms with van der Waals surface area (Å²) in [5.74, 6) is 0.987. The number of pyridine rings is 1.